The Bertz CT molecular complexity index is 779. The van der Waals surface area contributed by atoms with Crippen molar-refractivity contribution >= 4 is 23.9 Å². The Morgan fingerprint density at radius 1 is 1.23 bits per heavy atom. The zero-order valence-corrected chi connectivity index (χ0v) is 16.8. The molecule has 0 aromatic heterocycles. The van der Waals surface area contributed by atoms with Gasteiger partial charge in [-0.1, -0.05) is 36.4 Å². The average molecular weight is 418 g/mol. The van der Waals surface area contributed by atoms with Crippen molar-refractivity contribution in [1.82, 2.24) is 10.2 Å². The molecule has 1 aromatic carbocycles. The first-order valence-electron chi connectivity index (χ1n) is 9.76. The van der Waals surface area contributed by atoms with Gasteiger partial charge in [0.2, 0.25) is 5.91 Å². The van der Waals surface area contributed by atoms with Crippen molar-refractivity contribution in [2.45, 2.75) is 44.9 Å². The lowest BCUT2D eigenvalue weighted by Crippen LogP contribution is -2.50. The third kappa shape index (κ3) is 6.91. The summed E-state index contributed by atoms with van der Waals surface area (Å²) in [7, 11) is 0. The minimum Gasteiger partial charge on any atom is -0.480 e. The zero-order chi connectivity index (χ0) is 21.9. The number of carboxylic acids is 1. The van der Waals surface area contributed by atoms with Crippen molar-refractivity contribution in [2.75, 3.05) is 13.2 Å². The lowest BCUT2D eigenvalue weighted by atomic mass is 10.1. The van der Waals surface area contributed by atoms with Crippen LogP contribution in [0.1, 0.15) is 31.7 Å². The SMILES string of the molecule is CCOC(=O)/C=C/C[C@@H](NC(=O)[C@H]1CCCN1C(=O)OCc1ccccc1)C(=O)O. The summed E-state index contributed by atoms with van der Waals surface area (Å²) in [6, 6.07) is 7.13. The largest absolute Gasteiger partial charge is 0.480 e. The van der Waals surface area contributed by atoms with Gasteiger partial charge in [0.15, 0.2) is 0 Å². The van der Waals surface area contributed by atoms with Gasteiger partial charge in [-0.15, -0.1) is 0 Å². The smallest absolute Gasteiger partial charge is 0.410 e. The van der Waals surface area contributed by atoms with Crippen LogP contribution in [0.2, 0.25) is 0 Å². The maximum absolute atomic E-state index is 12.6. The molecule has 1 aliphatic rings. The van der Waals surface area contributed by atoms with Gasteiger partial charge < -0.3 is 19.9 Å². The van der Waals surface area contributed by atoms with E-state index in [1.165, 1.54) is 11.0 Å². The van der Waals surface area contributed by atoms with E-state index in [2.05, 4.69) is 5.32 Å². The summed E-state index contributed by atoms with van der Waals surface area (Å²) in [6.45, 7) is 2.30. The molecule has 1 fully saturated rings. The van der Waals surface area contributed by atoms with Crippen LogP contribution < -0.4 is 5.32 Å². The second-order valence-electron chi connectivity index (χ2n) is 6.68. The molecule has 30 heavy (non-hydrogen) atoms. The predicted molar refractivity (Wildman–Crippen MR) is 106 cm³/mol. The molecule has 9 nitrogen and oxygen atoms in total. The number of rotatable bonds is 9. The van der Waals surface area contributed by atoms with Crippen molar-refractivity contribution in [2.24, 2.45) is 0 Å². The molecule has 2 rings (SSSR count). The number of benzene rings is 1. The summed E-state index contributed by atoms with van der Waals surface area (Å²) >= 11 is 0. The summed E-state index contributed by atoms with van der Waals surface area (Å²) in [5, 5.41) is 11.8. The van der Waals surface area contributed by atoms with Crippen LogP contribution in [0.15, 0.2) is 42.5 Å². The molecule has 9 heteroatoms. The number of aliphatic carboxylic acids is 1. The molecule has 2 amide bonds. The Balaban J connectivity index is 1.91. The number of ether oxygens (including phenoxy) is 2. The van der Waals surface area contributed by atoms with Gasteiger partial charge in [-0.3, -0.25) is 9.69 Å². The number of amides is 2. The number of nitrogens with zero attached hydrogens (tertiary/aromatic N) is 1. The highest BCUT2D eigenvalue weighted by atomic mass is 16.6. The first-order valence-corrected chi connectivity index (χ1v) is 9.76. The summed E-state index contributed by atoms with van der Waals surface area (Å²) in [5.41, 5.74) is 0.824. The Morgan fingerprint density at radius 2 is 1.97 bits per heavy atom. The highest BCUT2D eigenvalue weighted by Crippen LogP contribution is 2.19. The number of hydrogen-bond donors (Lipinski definition) is 2. The molecular weight excluding hydrogens is 392 g/mol. The Labute approximate surface area is 174 Å². The van der Waals surface area contributed by atoms with Gasteiger partial charge in [0, 0.05) is 12.6 Å². The fraction of sp³-hybridized carbons (Fsp3) is 0.429. The normalized spacial score (nSPS) is 16.8. The summed E-state index contributed by atoms with van der Waals surface area (Å²) in [4.78, 5) is 49.1. The van der Waals surface area contributed by atoms with Crippen LogP contribution in [0.4, 0.5) is 4.79 Å². The maximum atomic E-state index is 12.6. The van der Waals surface area contributed by atoms with Crippen molar-refractivity contribution < 1.29 is 33.8 Å². The van der Waals surface area contributed by atoms with E-state index in [4.69, 9.17) is 9.47 Å². The molecular formula is C21H26N2O7. The van der Waals surface area contributed by atoms with Gasteiger partial charge in [0.05, 0.1) is 6.61 Å². The fourth-order valence-corrected chi connectivity index (χ4v) is 3.04. The van der Waals surface area contributed by atoms with Gasteiger partial charge in [-0.25, -0.2) is 14.4 Å². The van der Waals surface area contributed by atoms with Gasteiger partial charge in [0.25, 0.3) is 0 Å². The fourth-order valence-electron chi connectivity index (χ4n) is 3.04. The Kier molecular flexibility index (Phi) is 8.86. The number of nitrogens with one attached hydrogen (secondary N) is 1. The lowest BCUT2D eigenvalue weighted by Gasteiger charge is -2.24. The minimum absolute atomic E-state index is 0.0842. The van der Waals surface area contributed by atoms with Crippen LogP contribution in [0.25, 0.3) is 0 Å². The van der Waals surface area contributed by atoms with Crippen LogP contribution in [-0.2, 0) is 30.5 Å². The monoisotopic (exact) mass is 418 g/mol. The second-order valence-corrected chi connectivity index (χ2v) is 6.68. The van der Waals surface area contributed by atoms with Crippen LogP contribution in [0.5, 0.6) is 0 Å². The van der Waals surface area contributed by atoms with E-state index in [1.807, 2.05) is 30.3 Å². The van der Waals surface area contributed by atoms with E-state index in [9.17, 15) is 24.3 Å². The van der Waals surface area contributed by atoms with Crippen LogP contribution >= 0.6 is 0 Å². The van der Waals surface area contributed by atoms with Crippen molar-refractivity contribution in [3.8, 4) is 0 Å². The van der Waals surface area contributed by atoms with E-state index in [0.717, 1.165) is 11.6 Å². The molecule has 0 unspecified atom stereocenters. The summed E-state index contributed by atoms with van der Waals surface area (Å²) < 4.78 is 10.0. The molecule has 2 N–H and O–H groups in total. The molecule has 1 saturated heterocycles. The first-order chi connectivity index (χ1) is 14.4. The van der Waals surface area contributed by atoms with Crippen LogP contribution in [-0.4, -0.2) is 59.2 Å². The quantitative estimate of drug-likeness (QED) is 0.464. The molecule has 1 heterocycles. The van der Waals surface area contributed by atoms with Gasteiger partial charge in [0.1, 0.15) is 18.7 Å². The average Bonchev–Trinajstić information content (AvgIpc) is 3.22. The topological polar surface area (TPSA) is 122 Å². The summed E-state index contributed by atoms with van der Waals surface area (Å²) in [6.07, 6.45) is 2.76. The number of hydrogen-bond acceptors (Lipinski definition) is 6. The molecule has 162 valence electrons. The molecule has 0 spiro atoms. The number of carboxylic acid groups (broad SMARTS) is 1. The second kappa shape index (κ2) is 11.6. The molecule has 0 bridgehead atoms. The first kappa shape index (κ1) is 22.9. The number of carbonyl (C=O) groups excluding carboxylic acids is 3. The molecule has 0 radical (unpaired) electrons. The Morgan fingerprint density at radius 3 is 2.63 bits per heavy atom. The third-order valence-corrected chi connectivity index (χ3v) is 4.52. The highest BCUT2D eigenvalue weighted by Gasteiger charge is 2.36. The maximum Gasteiger partial charge on any atom is 0.410 e. The number of carbonyl (C=O) groups is 4. The van der Waals surface area contributed by atoms with Gasteiger partial charge in [-0.05, 0) is 31.7 Å². The third-order valence-electron chi connectivity index (χ3n) is 4.52. The molecule has 1 aromatic rings. The van der Waals surface area contributed by atoms with Crippen molar-refractivity contribution in [3.05, 3.63) is 48.0 Å². The van der Waals surface area contributed by atoms with Crippen LogP contribution in [0.3, 0.4) is 0 Å². The van der Waals surface area contributed by atoms with E-state index >= 15 is 0 Å². The van der Waals surface area contributed by atoms with Crippen molar-refractivity contribution in [1.29, 1.82) is 0 Å². The van der Waals surface area contributed by atoms with Crippen LogP contribution in [0, 0.1) is 0 Å². The van der Waals surface area contributed by atoms with E-state index in [1.54, 1.807) is 6.92 Å². The van der Waals surface area contributed by atoms with Gasteiger partial charge >= 0.3 is 18.0 Å². The predicted octanol–water partition coefficient (Wildman–Crippen LogP) is 1.87. The molecule has 1 aliphatic heterocycles. The molecule has 2 atom stereocenters. The standard InChI is InChI=1S/C21H26N2O7/c1-2-29-18(24)12-6-10-16(20(26)27)22-19(25)17-11-7-13-23(17)21(28)30-14-15-8-4-3-5-9-15/h3-6,8-9,12,16-17H,2,7,10-11,13-14H2,1H3,(H,22,25)(H,26,27)/b12-6+/t16-,17-/m1/s1. The van der Waals surface area contributed by atoms with Gasteiger partial charge in [-0.2, -0.15) is 0 Å². The Hall–Kier alpha value is -3.36. The molecule has 0 saturated carbocycles. The zero-order valence-electron chi connectivity index (χ0n) is 16.8. The minimum atomic E-state index is -1.24. The van der Waals surface area contributed by atoms with E-state index < -0.39 is 36.0 Å². The van der Waals surface area contributed by atoms with Crippen molar-refractivity contribution in [3.63, 3.8) is 0 Å². The highest BCUT2D eigenvalue weighted by molar-refractivity contribution is 5.89. The molecule has 0 aliphatic carbocycles. The summed E-state index contributed by atoms with van der Waals surface area (Å²) in [5.74, 6) is -2.40. The number of esters is 1. The number of likely N-dealkylation sites (tertiary alicyclic amines) is 1. The lowest BCUT2D eigenvalue weighted by molar-refractivity contribution is -0.142. The van der Waals surface area contributed by atoms with E-state index in [0.29, 0.717) is 19.4 Å². The van der Waals surface area contributed by atoms with E-state index in [-0.39, 0.29) is 19.6 Å².